The zero-order valence-electron chi connectivity index (χ0n) is 13.4. The summed E-state index contributed by atoms with van der Waals surface area (Å²) in [5, 5.41) is 2.03. The van der Waals surface area contributed by atoms with E-state index in [4.69, 9.17) is 14.7 Å². The quantitative estimate of drug-likeness (QED) is 0.519. The van der Waals surface area contributed by atoms with E-state index in [-0.39, 0.29) is 0 Å². The minimum atomic E-state index is 0.832. The molecule has 0 saturated carbocycles. The van der Waals surface area contributed by atoms with Gasteiger partial charge in [0.1, 0.15) is 11.6 Å². The summed E-state index contributed by atoms with van der Waals surface area (Å²) in [6.07, 6.45) is 4.07. The first-order chi connectivity index (χ1) is 12.3. The predicted octanol–water partition coefficient (Wildman–Crippen LogP) is 4.61. The maximum absolute atomic E-state index is 5.22. The van der Waals surface area contributed by atoms with Crippen LogP contribution in [0.3, 0.4) is 0 Å². The number of H-pyrrole nitrogens is 1. The number of nitrogens with one attached hydrogen (secondary N) is 1. The van der Waals surface area contributed by atoms with Crippen molar-refractivity contribution in [3.05, 3.63) is 60.2 Å². The lowest BCUT2D eigenvalue weighted by Crippen LogP contribution is -1.84. The van der Waals surface area contributed by atoms with Crippen molar-refractivity contribution in [3.8, 4) is 28.4 Å². The number of rotatable bonds is 3. The Bertz CT molecular complexity index is 1150. The van der Waals surface area contributed by atoms with Gasteiger partial charge in [-0.3, -0.25) is 4.40 Å². The summed E-state index contributed by atoms with van der Waals surface area (Å²) in [6, 6.07) is 14.0. The van der Waals surface area contributed by atoms with Crippen molar-refractivity contribution in [1.82, 2.24) is 19.4 Å². The molecule has 122 valence electrons. The van der Waals surface area contributed by atoms with Gasteiger partial charge in [0.2, 0.25) is 0 Å². The molecular weight excluding hydrogens is 332 g/mol. The molecule has 2 aromatic carbocycles. The molecule has 0 bridgehead atoms. The fourth-order valence-corrected chi connectivity index (χ4v) is 3.69. The maximum atomic E-state index is 5.22. The van der Waals surface area contributed by atoms with Crippen molar-refractivity contribution in [3.63, 3.8) is 0 Å². The second kappa shape index (κ2) is 5.46. The summed E-state index contributed by atoms with van der Waals surface area (Å²) >= 11 is 1.63. The van der Waals surface area contributed by atoms with Crippen molar-refractivity contribution in [2.45, 2.75) is 0 Å². The molecular formula is C19H14N4OS. The number of methoxy groups -OCH3 is 1. The molecule has 3 heterocycles. The van der Waals surface area contributed by atoms with Crippen LogP contribution in [-0.2, 0) is 0 Å². The minimum absolute atomic E-state index is 0.832. The number of imidazole rings is 2. The SMILES string of the molecule is COc1ccc(-c2nc3cccc(-c4cn5ccsc5n4)c3[nH]2)cc1. The Morgan fingerprint density at radius 3 is 2.76 bits per heavy atom. The Kier molecular flexibility index (Phi) is 3.11. The second-order valence-corrected chi connectivity index (χ2v) is 6.61. The number of aromatic amines is 1. The number of benzene rings is 2. The summed E-state index contributed by atoms with van der Waals surface area (Å²) in [5.41, 5.74) is 4.95. The normalized spacial score (nSPS) is 11.4. The minimum Gasteiger partial charge on any atom is -0.497 e. The van der Waals surface area contributed by atoms with Crippen LogP contribution in [0, 0.1) is 0 Å². The van der Waals surface area contributed by atoms with E-state index >= 15 is 0 Å². The van der Waals surface area contributed by atoms with Crippen molar-refractivity contribution >= 4 is 27.3 Å². The van der Waals surface area contributed by atoms with Crippen LogP contribution in [0.5, 0.6) is 5.75 Å². The molecule has 3 aromatic heterocycles. The summed E-state index contributed by atoms with van der Waals surface area (Å²) in [5.74, 6) is 1.67. The third kappa shape index (κ3) is 2.30. The molecule has 0 fully saturated rings. The molecule has 0 amide bonds. The molecule has 6 heteroatoms. The average Bonchev–Trinajstić information content (AvgIpc) is 3.35. The number of hydrogen-bond acceptors (Lipinski definition) is 4. The summed E-state index contributed by atoms with van der Waals surface area (Å²) in [6.45, 7) is 0. The van der Waals surface area contributed by atoms with Gasteiger partial charge in [-0.2, -0.15) is 0 Å². The first-order valence-electron chi connectivity index (χ1n) is 7.87. The van der Waals surface area contributed by atoms with Gasteiger partial charge in [0.25, 0.3) is 0 Å². The smallest absolute Gasteiger partial charge is 0.194 e. The van der Waals surface area contributed by atoms with E-state index in [0.717, 1.165) is 44.4 Å². The molecule has 0 radical (unpaired) electrons. The van der Waals surface area contributed by atoms with E-state index < -0.39 is 0 Å². The molecule has 25 heavy (non-hydrogen) atoms. The molecule has 0 aliphatic heterocycles. The number of para-hydroxylation sites is 1. The third-order valence-electron chi connectivity index (χ3n) is 4.25. The first kappa shape index (κ1) is 14.2. The van der Waals surface area contributed by atoms with Gasteiger partial charge >= 0.3 is 0 Å². The van der Waals surface area contributed by atoms with Crippen molar-refractivity contribution in [1.29, 1.82) is 0 Å². The highest BCUT2D eigenvalue weighted by Gasteiger charge is 2.13. The van der Waals surface area contributed by atoms with Crippen LogP contribution in [0.1, 0.15) is 0 Å². The standard InChI is InChI=1S/C19H14N4OS/c1-24-13-7-5-12(6-8-13)18-20-15-4-2-3-14(17(15)22-18)16-11-23-9-10-25-19(23)21-16/h2-11H,1H3,(H,20,22). The van der Waals surface area contributed by atoms with Crippen LogP contribution in [0.2, 0.25) is 0 Å². The van der Waals surface area contributed by atoms with Crippen LogP contribution in [0.25, 0.3) is 38.6 Å². The average molecular weight is 346 g/mol. The molecule has 0 aliphatic rings. The molecule has 1 N–H and O–H groups in total. The van der Waals surface area contributed by atoms with Crippen LogP contribution in [-0.4, -0.2) is 26.5 Å². The van der Waals surface area contributed by atoms with E-state index in [1.807, 2.05) is 52.4 Å². The lowest BCUT2D eigenvalue weighted by Gasteiger charge is -2.00. The molecule has 0 spiro atoms. The van der Waals surface area contributed by atoms with Gasteiger partial charge in [0.05, 0.1) is 23.8 Å². The molecule has 5 aromatic rings. The molecule has 0 aliphatic carbocycles. The molecule has 5 nitrogen and oxygen atoms in total. The molecule has 0 atom stereocenters. The van der Waals surface area contributed by atoms with E-state index in [1.165, 1.54) is 0 Å². The third-order valence-corrected chi connectivity index (χ3v) is 5.02. The number of nitrogens with zero attached hydrogens (tertiary/aromatic N) is 3. The summed E-state index contributed by atoms with van der Waals surface area (Å²) in [7, 11) is 1.66. The maximum Gasteiger partial charge on any atom is 0.194 e. The van der Waals surface area contributed by atoms with Crippen LogP contribution < -0.4 is 4.74 Å². The largest absolute Gasteiger partial charge is 0.497 e. The van der Waals surface area contributed by atoms with E-state index in [1.54, 1.807) is 18.4 Å². The topological polar surface area (TPSA) is 55.2 Å². The lowest BCUT2D eigenvalue weighted by atomic mass is 10.1. The van der Waals surface area contributed by atoms with Crippen molar-refractivity contribution in [2.24, 2.45) is 0 Å². The number of hydrogen-bond donors (Lipinski definition) is 1. The highest BCUT2D eigenvalue weighted by atomic mass is 32.1. The Labute approximate surface area is 147 Å². The number of fused-ring (bicyclic) bond motifs is 2. The van der Waals surface area contributed by atoms with Gasteiger partial charge in [-0.15, -0.1) is 11.3 Å². The highest BCUT2D eigenvalue weighted by Crippen LogP contribution is 2.30. The predicted molar refractivity (Wildman–Crippen MR) is 100 cm³/mol. The summed E-state index contributed by atoms with van der Waals surface area (Å²) < 4.78 is 7.26. The van der Waals surface area contributed by atoms with Crippen LogP contribution >= 0.6 is 11.3 Å². The first-order valence-corrected chi connectivity index (χ1v) is 8.75. The number of aromatic nitrogens is 4. The Hall–Kier alpha value is -3.12. The Morgan fingerprint density at radius 1 is 1.08 bits per heavy atom. The summed E-state index contributed by atoms with van der Waals surface area (Å²) in [4.78, 5) is 13.9. The zero-order valence-corrected chi connectivity index (χ0v) is 14.2. The lowest BCUT2D eigenvalue weighted by molar-refractivity contribution is 0.415. The second-order valence-electron chi connectivity index (χ2n) is 5.73. The van der Waals surface area contributed by atoms with Gasteiger partial charge in [-0.1, -0.05) is 12.1 Å². The Balaban J connectivity index is 1.65. The fraction of sp³-hybridized carbons (Fsp3) is 0.0526. The van der Waals surface area contributed by atoms with Gasteiger partial charge in [-0.25, -0.2) is 9.97 Å². The van der Waals surface area contributed by atoms with E-state index in [2.05, 4.69) is 17.2 Å². The van der Waals surface area contributed by atoms with Crippen molar-refractivity contribution < 1.29 is 4.74 Å². The number of thiazole rings is 1. The van der Waals surface area contributed by atoms with E-state index in [0.29, 0.717) is 0 Å². The van der Waals surface area contributed by atoms with Crippen LogP contribution in [0.4, 0.5) is 0 Å². The molecule has 0 saturated heterocycles. The fourth-order valence-electron chi connectivity index (χ4n) is 2.99. The van der Waals surface area contributed by atoms with E-state index in [9.17, 15) is 0 Å². The molecule has 0 unspecified atom stereocenters. The van der Waals surface area contributed by atoms with Gasteiger partial charge in [0.15, 0.2) is 4.96 Å². The zero-order chi connectivity index (χ0) is 16.8. The van der Waals surface area contributed by atoms with Crippen LogP contribution in [0.15, 0.2) is 60.2 Å². The number of ether oxygens (including phenoxy) is 1. The molecule has 5 rings (SSSR count). The van der Waals surface area contributed by atoms with Gasteiger partial charge in [-0.05, 0) is 30.3 Å². The van der Waals surface area contributed by atoms with Gasteiger partial charge in [0, 0.05) is 28.9 Å². The van der Waals surface area contributed by atoms with Crippen molar-refractivity contribution in [2.75, 3.05) is 7.11 Å². The van der Waals surface area contributed by atoms with Gasteiger partial charge < -0.3 is 9.72 Å². The monoisotopic (exact) mass is 346 g/mol. The Morgan fingerprint density at radius 2 is 1.96 bits per heavy atom. The highest BCUT2D eigenvalue weighted by molar-refractivity contribution is 7.15.